The van der Waals surface area contributed by atoms with Crippen molar-refractivity contribution in [2.24, 2.45) is 5.92 Å². The SMILES string of the molecule is COCCN1CCC(CNC(=O)c2cn[nH]c2)C1. The molecule has 100 valence electrons. The molecule has 2 N–H and O–H groups in total. The lowest BCUT2D eigenvalue weighted by atomic mass is 10.1. The van der Waals surface area contributed by atoms with Gasteiger partial charge in [-0.15, -0.1) is 0 Å². The molecule has 0 aromatic carbocycles. The van der Waals surface area contributed by atoms with Gasteiger partial charge in [0.05, 0.1) is 18.4 Å². The standard InChI is InChI=1S/C12H20N4O2/c1-18-5-4-16-3-2-10(9-16)6-13-12(17)11-7-14-15-8-11/h7-8,10H,2-6,9H2,1H3,(H,13,17)(H,14,15). The molecule has 0 spiro atoms. The second-order valence-electron chi connectivity index (χ2n) is 4.65. The summed E-state index contributed by atoms with van der Waals surface area (Å²) in [6.45, 7) is 4.61. The van der Waals surface area contributed by atoms with Crippen molar-refractivity contribution < 1.29 is 9.53 Å². The Hall–Kier alpha value is -1.40. The van der Waals surface area contributed by atoms with Crippen molar-refractivity contribution >= 4 is 5.91 Å². The molecule has 1 aromatic rings. The van der Waals surface area contributed by atoms with Crippen molar-refractivity contribution in [2.45, 2.75) is 6.42 Å². The first-order valence-corrected chi connectivity index (χ1v) is 6.28. The highest BCUT2D eigenvalue weighted by Gasteiger charge is 2.22. The molecule has 0 radical (unpaired) electrons. The van der Waals surface area contributed by atoms with Crippen LogP contribution in [0.3, 0.4) is 0 Å². The third-order valence-corrected chi connectivity index (χ3v) is 3.29. The van der Waals surface area contributed by atoms with E-state index in [2.05, 4.69) is 20.4 Å². The molecule has 1 unspecified atom stereocenters. The summed E-state index contributed by atoms with van der Waals surface area (Å²) in [5, 5.41) is 9.34. The lowest BCUT2D eigenvalue weighted by Crippen LogP contribution is -2.31. The fraction of sp³-hybridized carbons (Fsp3) is 0.667. The molecule has 2 rings (SSSR count). The zero-order chi connectivity index (χ0) is 12.8. The molecule has 2 heterocycles. The lowest BCUT2D eigenvalue weighted by Gasteiger charge is -2.15. The van der Waals surface area contributed by atoms with Crippen LogP contribution < -0.4 is 5.32 Å². The van der Waals surface area contributed by atoms with Crippen molar-refractivity contribution in [1.82, 2.24) is 20.4 Å². The summed E-state index contributed by atoms with van der Waals surface area (Å²) in [4.78, 5) is 14.1. The minimum Gasteiger partial charge on any atom is -0.383 e. The van der Waals surface area contributed by atoms with Gasteiger partial charge in [0.2, 0.25) is 0 Å². The Balaban J connectivity index is 1.67. The number of rotatable bonds is 6. The van der Waals surface area contributed by atoms with E-state index >= 15 is 0 Å². The number of likely N-dealkylation sites (tertiary alicyclic amines) is 1. The number of aromatic nitrogens is 2. The first-order valence-electron chi connectivity index (χ1n) is 6.28. The van der Waals surface area contributed by atoms with Gasteiger partial charge in [0.15, 0.2) is 0 Å². The Morgan fingerprint density at radius 3 is 3.33 bits per heavy atom. The molecule has 1 aliphatic heterocycles. The van der Waals surface area contributed by atoms with E-state index < -0.39 is 0 Å². The summed E-state index contributed by atoms with van der Waals surface area (Å²) in [7, 11) is 1.72. The summed E-state index contributed by atoms with van der Waals surface area (Å²) in [6, 6.07) is 0. The van der Waals surface area contributed by atoms with Gasteiger partial charge in [0, 0.05) is 32.9 Å². The predicted octanol–water partition coefficient (Wildman–Crippen LogP) is 0.108. The summed E-state index contributed by atoms with van der Waals surface area (Å²) in [5.41, 5.74) is 0.587. The second kappa shape index (κ2) is 6.51. The lowest BCUT2D eigenvalue weighted by molar-refractivity contribution is 0.0947. The normalized spacial score (nSPS) is 20.2. The van der Waals surface area contributed by atoms with Gasteiger partial charge in [-0.05, 0) is 18.9 Å². The largest absolute Gasteiger partial charge is 0.383 e. The van der Waals surface area contributed by atoms with Crippen molar-refractivity contribution in [3.8, 4) is 0 Å². The maximum Gasteiger partial charge on any atom is 0.254 e. The van der Waals surface area contributed by atoms with Gasteiger partial charge in [-0.2, -0.15) is 5.10 Å². The summed E-state index contributed by atoms with van der Waals surface area (Å²) < 4.78 is 5.06. The topological polar surface area (TPSA) is 70.2 Å². The number of hydrogen-bond donors (Lipinski definition) is 2. The number of methoxy groups -OCH3 is 1. The Morgan fingerprint density at radius 2 is 2.61 bits per heavy atom. The van der Waals surface area contributed by atoms with Crippen molar-refractivity contribution in [2.75, 3.05) is 39.9 Å². The van der Waals surface area contributed by atoms with Crippen molar-refractivity contribution in [3.63, 3.8) is 0 Å². The van der Waals surface area contributed by atoms with Gasteiger partial charge in [0.1, 0.15) is 0 Å². The van der Waals surface area contributed by atoms with E-state index in [-0.39, 0.29) is 5.91 Å². The molecule has 1 fully saturated rings. The molecule has 1 aliphatic rings. The average Bonchev–Trinajstić information content (AvgIpc) is 3.04. The van der Waals surface area contributed by atoms with Crippen LogP contribution >= 0.6 is 0 Å². The maximum absolute atomic E-state index is 11.7. The van der Waals surface area contributed by atoms with E-state index in [1.807, 2.05) is 0 Å². The van der Waals surface area contributed by atoms with E-state index in [0.29, 0.717) is 11.5 Å². The predicted molar refractivity (Wildman–Crippen MR) is 67.3 cm³/mol. The van der Waals surface area contributed by atoms with E-state index in [1.54, 1.807) is 13.3 Å². The van der Waals surface area contributed by atoms with Crippen molar-refractivity contribution in [3.05, 3.63) is 18.0 Å². The summed E-state index contributed by atoms with van der Waals surface area (Å²) in [6.07, 6.45) is 4.28. The summed E-state index contributed by atoms with van der Waals surface area (Å²) >= 11 is 0. The molecule has 6 heteroatoms. The first kappa shape index (κ1) is 13.0. The Kier molecular flexibility index (Phi) is 4.72. The van der Waals surface area contributed by atoms with E-state index in [9.17, 15) is 4.79 Å². The quantitative estimate of drug-likeness (QED) is 0.754. The number of ether oxygens (including phenoxy) is 1. The number of H-pyrrole nitrogens is 1. The van der Waals surface area contributed by atoms with Crippen LogP contribution in [0.2, 0.25) is 0 Å². The molecule has 1 saturated heterocycles. The highest BCUT2D eigenvalue weighted by Crippen LogP contribution is 2.14. The first-order chi connectivity index (χ1) is 8.79. The fourth-order valence-corrected chi connectivity index (χ4v) is 2.22. The van der Waals surface area contributed by atoms with Crippen molar-refractivity contribution in [1.29, 1.82) is 0 Å². The Bertz CT molecular complexity index is 366. The third kappa shape index (κ3) is 3.54. The van der Waals surface area contributed by atoms with E-state index in [4.69, 9.17) is 4.74 Å². The molecule has 1 amide bonds. The molecule has 6 nitrogen and oxygen atoms in total. The molecule has 0 aliphatic carbocycles. The van der Waals surface area contributed by atoms with Gasteiger partial charge in [0.25, 0.3) is 5.91 Å². The molecule has 1 aromatic heterocycles. The molecule has 0 bridgehead atoms. The van der Waals surface area contributed by atoms with E-state index in [1.165, 1.54) is 6.20 Å². The number of aromatic amines is 1. The van der Waals surface area contributed by atoms with Crippen LogP contribution in [0.1, 0.15) is 16.8 Å². The Labute approximate surface area is 107 Å². The minimum atomic E-state index is -0.0564. The number of carbonyl (C=O) groups excluding carboxylic acids is 1. The average molecular weight is 252 g/mol. The highest BCUT2D eigenvalue weighted by molar-refractivity contribution is 5.93. The second-order valence-corrected chi connectivity index (χ2v) is 4.65. The minimum absolute atomic E-state index is 0.0564. The zero-order valence-corrected chi connectivity index (χ0v) is 10.7. The van der Waals surface area contributed by atoms with Gasteiger partial charge in [-0.25, -0.2) is 0 Å². The van der Waals surface area contributed by atoms with Gasteiger partial charge >= 0.3 is 0 Å². The van der Waals surface area contributed by atoms with Crippen LogP contribution in [0.5, 0.6) is 0 Å². The Morgan fingerprint density at radius 1 is 1.72 bits per heavy atom. The van der Waals surface area contributed by atoms with Crippen LogP contribution in [-0.2, 0) is 4.74 Å². The molecule has 0 saturated carbocycles. The maximum atomic E-state index is 11.7. The van der Waals surface area contributed by atoms with Gasteiger partial charge < -0.3 is 15.0 Å². The van der Waals surface area contributed by atoms with Crippen LogP contribution in [0.15, 0.2) is 12.4 Å². The third-order valence-electron chi connectivity index (χ3n) is 3.29. The summed E-state index contributed by atoms with van der Waals surface area (Å²) in [5.74, 6) is 0.483. The smallest absolute Gasteiger partial charge is 0.254 e. The zero-order valence-electron chi connectivity index (χ0n) is 10.7. The number of hydrogen-bond acceptors (Lipinski definition) is 4. The van der Waals surface area contributed by atoms with Gasteiger partial charge in [-0.3, -0.25) is 9.89 Å². The van der Waals surface area contributed by atoms with E-state index in [0.717, 1.165) is 39.2 Å². The number of nitrogens with one attached hydrogen (secondary N) is 2. The van der Waals surface area contributed by atoms with Crippen LogP contribution in [-0.4, -0.2) is 60.9 Å². The number of carbonyl (C=O) groups is 1. The molecular weight excluding hydrogens is 232 g/mol. The van der Waals surface area contributed by atoms with Crippen LogP contribution in [0.25, 0.3) is 0 Å². The molecule has 18 heavy (non-hydrogen) atoms. The number of nitrogens with zero attached hydrogens (tertiary/aromatic N) is 2. The van der Waals surface area contributed by atoms with Crippen LogP contribution in [0.4, 0.5) is 0 Å². The van der Waals surface area contributed by atoms with Crippen LogP contribution in [0, 0.1) is 5.92 Å². The monoisotopic (exact) mass is 252 g/mol. The van der Waals surface area contributed by atoms with Gasteiger partial charge in [-0.1, -0.05) is 0 Å². The molecule has 1 atom stereocenters. The highest BCUT2D eigenvalue weighted by atomic mass is 16.5. The number of amides is 1. The fourth-order valence-electron chi connectivity index (χ4n) is 2.22. The molecular formula is C12H20N4O2.